The van der Waals surface area contributed by atoms with Gasteiger partial charge in [-0.1, -0.05) is 6.92 Å². The number of alkyl halides is 1. The fraction of sp³-hybridized carbons (Fsp3) is 0.333. The van der Waals surface area contributed by atoms with E-state index in [0.29, 0.717) is 5.88 Å². The van der Waals surface area contributed by atoms with Crippen molar-refractivity contribution in [1.29, 1.82) is 0 Å². The Morgan fingerprint density at radius 2 is 2.29 bits per heavy atom. The Labute approximate surface area is 114 Å². The van der Waals surface area contributed by atoms with Crippen LogP contribution in [0.3, 0.4) is 0 Å². The minimum atomic E-state index is 0.257. The molecule has 5 heteroatoms. The van der Waals surface area contributed by atoms with E-state index < -0.39 is 0 Å². The normalized spacial score (nSPS) is 12.6. The Bertz CT molecular complexity index is 514. The van der Waals surface area contributed by atoms with Crippen LogP contribution in [0, 0.1) is 0 Å². The van der Waals surface area contributed by atoms with Gasteiger partial charge in [-0.3, -0.25) is 9.97 Å². The van der Waals surface area contributed by atoms with E-state index in [9.17, 15) is 0 Å². The molecule has 0 saturated heterocycles. The number of rotatable bonds is 4. The number of nitrogens with zero attached hydrogens (tertiary/aromatic N) is 2. The molecule has 0 amide bonds. The second-order valence-corrected chi connectivity index (χ2v) is 5.01. The van der Waals surface area contributed by atoms with E-state index in [1.807, 2.05) is 12.1 Å². The Kier molecular flexibility index (Phi) is 4.18. The SMILES string of the molecule is CCC(CCl)Nc1ccnc2cc(Br)cnc12. The smallest absolute Gasteiger partial charge is 0.112 e. The quantitative estimate of drug-likeness (QED) is 0.872. The first kappa shape index (κ1) is 12.6. The van der Waals surface area contributed by atoms with Crippen LogP contribution in [-0.4, -0.2) is 21.9 Å². The summed E-state index contributed by atoms with van der Waals surface area (Å²) in [6, 6.07) is 4.14. The van der Waals surface area contributed by atoms with Gasteiger partial charge in [0.05, 0.1) is 11.2 Å². The maximum atomic E-state index is 5.89. The predicted molar refractivity (Wildman–Crippen MR) is 75.7 cm³/mol. The molecule has 0 radical (unpaired) electrons. The summed E-state index contributed by atoms with van der Waals surface area (Å²) < 4.78 is 0.930. The Morgan fingerprint density at radius 3 is 3.00 bits per heavy atom. The summed E-state index contributed by atoms with van der Waals surface area (Å²) in [7, 11) is 0. The van der Waals surface area contributed by atoms with Gasteiger partial charge in [-0.2, -0.15) is 0 Å². The highest BCUT2D eigenvalue weighted by Crippen LogP contribution is 2.23. The molecule has 0 aliphatic rings. The van der Waals surface area contributed by atoms with Gasteiger partial charge < -0.3 is 5.32 Å². The minimum absolute atomic E-state index is 0.257. The van der Waals surface area contributed by atoms with E-state index in [1.165, 1.54) is 0 Å². The zero-order chi connectivity index (χ0) is 12.3. The van der Waals surface area contributed by atoms with E-state index in [1.54, 1.807) is 12.4 Å². The summed E-state index contributed by atoms with van der Waals surface area (Å²) in [5.74, 6) is 0.580. The first-order valence-electron chi connectivity index (χ1n) is 5.47. The number of anilines is 1. The van der Waals surface area contributed by atoms with Crippen molar-refractivity contribution in [3.63, 3.8) is 0 Å². The molecule has 0 spiro atoms. The number of aromatic nitrogens is 2. The highest BCUT2D eigenvalue weighted by Gasteiger charge is 2.08. The van der Waals surface area contributed by atoms with Crippen LogP contribution in [0.2, 0.25) is 0 Å². The van der Waals surface area contributed by atoms with Crippen LogP contribution in [0.15, 0.2) is 29.0 Å². The fourth-order valence-electron chi connectivity index (χ4n) is 1.59. The molecule has 0 bridgehead atoms. The van der Waals surface area contributed by atoms with Crippen LogP contribution in [0.4, 0.5) is 5.69 Å². The molecule has 2 heterocycles. The second kappa shape index (κ2) is 5.65. The molecular formula is C12H13BrClN3. The maximum Gasteiger partial charge on any atom is 0.112 e. The summed E-state index contributed by atoms with van der Waals surface area (Å²) in [5, 5.41) is 3.39. The highest BCUT2D eigenvalue weighted by atomic mass is 79.9. The molecule has 3 nitrogen and oxygen atoms in total. The van der Waals surface area contributed by atoms with Crippen LogP contribution >= 0.6 is 27.5 Å². The summed E-state index contributed by atoms with van der Waals surface area (Å²) >= 11 is 9.28. The average molecular weight is 315 g/mol. The van der Waals surface area contributed by atoms with Gasteiger partial charge in [0.1, 0.15) is 5.52 Å². The molecule has 1 N–H and O–H groups in total. The van der Waals surface area contributed by atoms with Crippen molar-refractivity contribution >= 4 is 44.3 Å². The Hall–Kier alpha value is -0.870. The molecular weight excluding hydrogens is 302 g/mol. The summed E-state index contributed by atoms with van der Waals surface area (Å²) in [5.41, 5.74) is 2.73. The Balaban J connectivity index is 2.40. The first-order chi connectivity index (χ1) is 8.24. The maximum absolute atomic E-state index is 5.89. The lowest BCUT2D eigenvalue weighted by Gasteiger charge is -2.16. The van der Waals surface area contributed by atoms with Crippen molar-refractivity contribution in [2.75, 3.05) is 11.2 Å². The van der Waals surface area contributed by atoms with Crippen molar-refractivity contribution in [1.82, 2.24) is 9.97 Å². The highest BCUT2D eigenvalue weighted by molar-refractivity contribution is 9.10. The number of hydrogen-bond donors (Lipinski definition) is 1. The second-order valence-electron chi connectivity index (χ2n) is 3.78. The standard InChI is InChI=1S/C12H13BrClN3/c1-2-9(6-14)17-10-3-4-15-11-5-8(13)7-16-12(10)11/h3-5,7,9H,2,6H2,1H3,(H,15,17). The van der Waals surface area contributed by atoms with Crippen LogP contribution in [0.5, 0.6) is 0 Å². The molecule has 0 fully saturated rings. The number of nitrogens with one attached hydrogen (secondary N) is 1. The van der Waals surface area contributed by atoms with Crippen molar-refractivity contribution in [2.45, 2.75) is 19.4 Å². The van der Waals surface area contributed by atoms with Gasteiger partial charge in [-0.25, -0.2) is 0 Å². The van der Waals surface area contributed by atoms with Gasteiger partial charge >= 0.3 is 0 Å². The van der Waals surface area contributed by atoms with Crippen LogP contribution < -0.4 is 5.32 Å². The van der Waals surface area contributed by atoms with Gasteiger partial charge in [0.2, 0.25) is 0 Å². The van der Waals surface area contributed by atoms with Gasteiger partial charge in [-0.05, 0) is 34.5 Å². The third-order valence-electron chi connectivity index (χ3n) is 2.58. The van der Waals surface area contributed by atoms with Gasteiger partial charge in [0.15, 0.2) is 0 Å². The minimum Gasteiger partial charge on any atom is -0.379 e. The van der Waals surface area contributed by atoms with Crippen LogP contribution in [0.25, 0.3) is 11.0 Å². The number of pyridine rings is 2. The van der Waals surface area contributed by atoms with Crippen molar-refractivity contribution < 1.29 is 0 Å². The van der Waals surface area contributed by atoms with Crippen molar-refractivity contribution in [2.24, 2.45) is 0 Å². The lowest BCUT2D eigenvalue weighted by atomic mass is 10.2. The monoisotopic (exact) mass is 313 g/mol. The Morgan fingerprint density at radius 1 is 1.47 bits per heavy atom. The van der Waals surface area contributed by atoms with Gasteiger partial charge in [0.25, 0.3) is 0 Å². The van der Waals surface area contributed by atoms with E-state index in [4.69, 9.17) is 11.6 Å². The van der Waals surface area contributed by atoms with Crippen molar-refractivity contribution in [3.8, 4) is 0 Å². The summed E-state index contributed by atoms with van der Waals surface area (Å²) in [6.45, 7) is 2.10. The van der Waals surface area contributed by atoms with Gasteiger partial charge in [0, 0.05) is 28.8 Å². The molecule has 90 valence electrons. The molecule has 2 aromatic heterocycles. The van der Waals surface area contributed by atoms with Gasteiger partial charge in [-0.15, -0.1) is 11.6 Å². The lowest BCUT2D eigenvalue weighted by molar-refractivity contribution is 0.771. The van der Waals surface area contributed by atoms with E-state index in [2.05, 4.69) is 38.1 Å². The molecule has 2 aromatic rings. The number of halogens is 2. The van der Waals surface area contributed by atoms with Crippen LogP contribution in [-0.2, 0) is 0 Å². The summed E-state index contributed by atoms with van der Waals surface area (Å²) in [4.78, 5) is 8.68. The molecule has 1 atom stereocenters. The largest absolute Gasteiger partial charge is 0.379 e. The molecule has 2 rings (SSSR count). The first-order valence-corrected chi connectivity index (χ1v) is 6.80. The lowest BCUT2D eigenvalue weighted by Crippen LogP contribution is -2.20. The molecule has 0 aliphatic heterocycles. The van der Waals surface area contributed by atoms with Crippen LogP contribution in [0.1, 0.15) is 13.3 Å². The topological polar surface area (TPSA) is 37.8 Å². The molecule has 1 unspecified atom stereocenters. The zero-order valence-corrected chi connectivity index (χ0v) is 11.8. The average Bonchev–Trinajstić information content (AvgIpc) is 2.35. The third kappa shape index (κ3) is 2.87. The van der Waals surface area contributed by atoms with E-state index >= 15 is 0 Å². The van der Waals surface area contributed by atoms with E-state index in [0.717, 1.165) is 27.6 Å². The number of fused-ring (bicyclic) bond motifs is 1. The summed E-state index contributed by atoms with van der Waals surface area (Å²) in [6.07, 6.45) is 4.53. The zero-order valence-electron chi connectivity index (χ0n) is 9.45. The van der Waals surface area contributed by atoms with E-state index in [-0.39, 0.29) is 6.04 Å². The molecule has 0 saturated carbocycles. The van der Waals surface area contributed by atoms with Crippen molar-refractivity contribution in [3.05, 3.63) is 29.0 Å². The molecule has 0 aliphatic carbocycles. The third-order valence-corrected chi connectivity index (χ3v) is 3.39. The predicted octanol–water partition coefficient (Wildman–Crippen LogP) is 3.82. The fourth-order valence-corrected chi connectivity index (χ4v) is 2.21. The molecule has 17 heavy (non-hydrogen) atoms. The molecule has 0 aromatic carbocycles. The number of hydrogen-bond acceptors (Lipinski definition) is 3.